The van der Waals surface area contributed by atoms with E-state index in [2.05, 4.69) is 15.6 Å². The van der Waals surface area contributed by atoms with Crippen LogP contribution in [0.5, 0.6) is 17.2 Å². The lowest BCUT2D eigenvalue weighted by atomic mass is 10.2. The molecule has 0 saturated carbocycles. The second-order valence-corrected chi connectivity index (χ2v) is 5.29. The second-order valence-electron chi connectivity index (χ2n) is 5.29. The molecule has 0 spiro atoms. The Bertz CT molecular complexity index is 700. The Kier molecular flexibility index (Phi) is 6.95. The van der Waals surface area contributed by atoms with Crippen molar-refractivity contribution in [1.29, 1.82) is 0 Å². The van der Waals surface area contributed by atoms with Crippen molar-refractivity contribution in [2.75, 3.05) is 25.6 Å². The Morgan fingerprint density at radius 1 is 1.08 bits per heavy atom. The maximum absolute atomic E-state index is 9.34. The first-order valence-corrected chi connectivity index (χ1v) is 8.30. The number of nitrogens with one attached hydrogen (secondary N) is 2. The number of rotatable bonds is 7. The highest BCUT2D eigenvalue weighted by atomic mass is 16.5. The van der Waals surface area contributed by atoms with E-state index in [9.17, 15) is 5.11 Å². The summed E-state index contributed by atoms with van der Waals surface area (Å²) in [5.74, 6) is 2.30. The number of guanidine groups is 1. The number of hydrogen-bond donors (Lipinski definition) is 3. The molecule has 0 aromatic heterocycles. The first-order valence-electron chi connectivity index (χ1n) is 8.30. The van der Waals surface area contributed by atoms with Gasteiger partial charge >= 0.3 is 0 Å². The van der Waals surface area contributed by atoms with Crippen molar-refractivity contribution in [3.8, 4) is 17.2 Å². The smallest absolute Gasteiger partial charge is 0.196 e. The monoisotopic (exact) mass is 343 g/mol. The standard InChI is InChI=1S/C19H25N3O3/c1-4-20-19(21-13-14-6-9-16(23)10-7-14)22-15-8-11-17(24-3)18(12-15)25-5-2/h6-12,23H,4-5,13H2,1-3H3,(H2,20,21,22). The summed E-state index contributed by atoms with van der Waals surface area (Å²) in [7, 11) is 1.62. The number of phenols is 1. The predicted molar refractivity (Wildman–Crippen MR) is 101 cm³/mol. The van der Waals surface area contributed by atoms with Gasteiger partial charge in [0.25, 0.3) is 0 Å². The lowest BCUT2D eigenvalue weighted by molar-refractivity contribution is 0.311. The largest absolute Gasteiger partial charge is 0.508 e. The number of hydrogen-bond acceptors (Lipinski definition) is 4. The number of aliphatic imine (C=N–C) groups is 1. The summed E-state index contributed by atoms with van der Waals surface area (Å²) in [6, 6.07) is 12.7. The van der Waals surface area contributed by atoms with Gasteiger partial charge in [-0.2, -0.15) is 0 Å². The molecule has 2 aromatic rings. The third kappa shape index (κ3) is 5.60. The number of nitrogens with zero attached hydrogens (tertiary/aromatic N) is 1. The minimum absolute atomic E-state index is 0.249. The zero-order valence-corrected chi connectivity index (χ0v) is 14.9. The molecule has 2 rings (SSSR count). The van der Waals surface area contributed by atoms with Gasteiger partial charge in [-0.25, -0.2) is 4.99 Å². The van der Waals surface area contributed by atoms with Gasteiger partial charge in [-0.1, -0.05) is 12.1 Å². The molecular formula is C19H25N3O3. The number of benzene rings is 2. The van der Waals surface area contributed by atoms with E-state index in [4.69, 9.17) is 9.47 Å². The van der Waals surface area contributed by atoms with Crippen molar-refractivity contribution in [3.05, 3.63) is 48.0 Å². The van der Waals surface area contributed by atoms with Crippen LogP contribution in [0.25, 0.3) is 0 Å². The Hall–Kier alpha value is -2.89. The molecule has 0 amide bonds. The fourth-order valence-corrected chi connectivity index (χ4v) is 2.24. The molecule has 3 N–H and O–H groups in total. The van der Waals surface area contributed by atoms with Gasteiger partial charge in [0.05, 0.1) is 20.3 Å². The van der Waals surface area contributed by atoms with Crippen molar-refractivity contribution < 1.29 is 14.6 Å². The first-order chi connectivity index (χ1) is 12.2. The van der Waals surface area contributed by atoms with Gasteiger partial charge in [-0.05, 0) is 43.7 Å². The topological polar surface area (TPSA) is 75.1 Å². The molecule has 0 heterocycles. The summed E-state index contributed by atoms with van der Waals surface area (Å²) in [4.78, 5) is 4.57. The van der Waals surface area contributed by atoms with Crippen LogP contribution in [0, 0.1) is 0 Å². The van der Waals surface area contributed by atoms with Gasteiger partial charge in [0.1, 0.15) is 5.75 Å². The highest BCUT2D eigenvalue weighted by molar-refractivity contribution is 5.93. The van der Waals surface area contributed by atoms with E-state index < -0.39 is 0 Å². The lowest BCUT2D eigenvalue weighted by Crippen LogP contribution is -2.30. The van der Waals surface area contributed by atoms with E-state index in [1.165, 1.54) is 0 Å². The van der Waals surface area contributed by atoms with Crippen LogP contribution >= 0.6 is 0 Å². The van der Waals surface area contributed by atoms with Crippen LogP contribution in [0.1, 0.15) is 19.4 Å². The molecule has 0 radical (unpaired) electrons. The normalized spacial score (nSPS) is 11.1. The van der Waals surface area contributed by atoms with Crippen LogP contribution in [0.15, 0.2) is 47.5 Å². The Labute approximate surface area is 148 Å². The molecule has 134 valence electrons. The van der Waals surface area contributed by atoms with Crippen molar-refractivity contribution in [1.82, 2.24) is 5.32 Å². The van der Waals surface area contributed by atoms with E-state index >= 15 is 0 Å². The van der Waals surface area contributed by atoms with Crippen LogP contribution < -0.4 is 20.1 Å². The molecule has 0 bridgehead atoms. The van der Waals surface area contributed by atoms with Gasteiger partial charge in [-0.15, -0.1) is 0 Å². The minimum atomic E-state index is 0.249. The van der Waals surface area contributed by atoms with Crippen LogP contribution in [0.2, 0.25) is 0 Å². The van der Waals surface area contributed by atoms with Crippen molar-refractivity contribution in [3.63, 3.8) is 0 Å². The summed E-state index contributed by atoms with van der Waals surface area (Å²) < 4.78 is 10.9. The molecule has 0 atom stereocenters. The summed E-state index contributed by atoms with van der Waals surface area (Å²) in [5, 5.41) is 15.8. The maximum Gasteiger partial charge on any atom is 0.196 e. The number of methoxy groups -OCH3 is 1. The van der Waals surface area contributed by atoms with Gasteiger partial charge in [0.15, 0.2) is 17.5 Å². The highest BCUT2D eigenvalue weighted by Gasteiger charge is 2.07. The molecule has 0 unspecified atom stereocenters. The summed E-state index contributed by atoms with van der Waals surface area (Å²) in [6.45, 7) is 5.76. The third-order valence-electron chi connectivity index (χ3n) is 3.43. The zero-order valence-electron chi connectivity index (χ0n) is 14.9. The quantitative estimate of drug-likeness (QED) is 0.531. The molecular weight excluding hydrogens is 318 g/mol. The van der Waals surface area contributed by atoms with Crippen LogP contribution in [0.3, 0.4) is 0 Å². The average Bonchev–Trinajstić information content (AvgIpc) is 2.62. The summed E-state index contributed by atoms with van der Waals surface area (Å²) in [5.41, 5.74) is 1.87. The maximum atomic E-state index is 9.34. The van der Waals surface area contributed by atoms with Crippen molar-refractivity contribution >= 4 is 11.6 Å². The molecule has 0 fully saturated rings. The fourth-order valence-electron chi connectivity index (χ4n) is 2.24. The molecule has 0 aliphatic rings. The highest BCUT2D eigenvalue weighted by Crippen LogP contribution is 2.30. The van der Waals surface area contributed by atoms with Crippen LogP contribution in [-0.2, 0) is 6.54 Å². The predicted octanol–water partition coefficient (Wildman–Crippen LogP) is 3.38. The molecule has 0 aliphatic heterocycles. The van der Waals surface area contributed by atoms with Gasteiger partial charge in [0, 0.05) is 18.3 Å². The number of aromatic hydroxyl groups is 1. The number of anilines is 1. The average molecular weight is 343 g/mol. The molecule has 6 nitrogen and oxygen atoms in total. The molecule has 0 saturated heterocycles. The van der Waals surface area contributed by atoms with Crippen LogP contribution in [-0.4, -0.2) is 31.3 Å². The number of ether oxygens (including phenoxy) is 2. The summed E-state index contributed by atoms with van der Waals surface area (Å²) in [6.07, 6.45) is 0. The zero-order chi connectivity index (χ0) is 18.1. The lowest BCUT2D eigenvalue weighted by Gasteiger charge is -2.14. The van der Waals surface area contributed by atoms with Crippen molar-refractivity contribution in [2.45, 2.75) is 20.4 Å². The first kappa shape index (κ1) is 18.4. The van der Waals surface area contributed by atoms with Gasteiger partial charge < -0.3 is 25.2 Å². The van der Waals surface area contributed by atoms with E-state index in [0.717, 1.165) is 17.8 Å². The van der Waals surface area contributed by atoms with E-state index in [0.29, 0.717) is 30.6 Å². The van der Waals surface area contributed by atoms with Crippen molar-refractivity contribution in [2.24, 2.45) is 4.99 Å². The summed E-state index contributed by atoms with van der Waals surface area (Å²) >= 11 is 0. The van der Waals surface area contributed by atoms with E-state index in [1.54, 1.807) is 19.2 Å². The van der Waals surface area contributed by atoms with E-state index in [1.807, 2.05) is 44.2 Å². The SMILES string of the molecule is CCNC(=NCc1ccc(O)cc1)Nc1ccc(OC)c(OCC)c1. The Morgan fingerprint density at radius 3 is 2.48 bits per heavy atom. The second kappa shape index (κ2) is 9.42. The third-order valence-corrected chi connectivity index (χ3v) is 3.43. The Balaban J connectivity index is 2.13. The van der Waals surface area contributed by atoms with Gasteiger partial charge in [-0.3, -0.25) is 0 Å². The molecule has 6 heteroatoms. The van der Waals surface area contributed by atoms with E-state index in [-0.39, 0.29) is 5.75 Å². The van der Waals surface area contributed by atoms with Gasteiger partial charge in [0.2, 0.25) is 0 Å². The fraction of sp³-hybridized carbons (Fsp3) is 0.316. The van der Waals surface area contributed by atoms with Crippen LogP contribution in [0.4, 0.5) is 5.69 Å². The minimum Gasteiger partial charge on any atom is -0.508 e. The number of phenolic OH excluding ortho intramolecular Hbond substituents is 1. The molecule has 25 heavy (non-hydrogen) atoms. The molecule has 2 aromatic carbocycles. The Morgan fingerprint density at radius 2 is 1.84 bits per heavy atom. The molecule has 0 aliphatic carbocycles.